The molecule has 0 spiro atoms. The highest BCUT2D eigenvalue weighted by atomic mass is 32.2. The minimum absolute atomic E-state index is 0.525. The van der Waals surface area contributed by atoms with Crippen LogP contribution in [0.5, 0.6) is 11.5 Å². The summed E-state index contributed by atoms with van der Waals surface area (Å²) in [6.07, 6.45) is 0. The van der Waals surface area contributed by atoms with E-state index in [1.807, 2.05) is 32.0 Å². The maximum absolute atomic E-state index is 9.28. The van der Waals surface area contributed by atoms with Crippen LogP contribution in [0.2, 0.25) is 0 Å². The molecule has 0 unspecified atom stereocenters. The first-order valence-corrected chi connectivity index (χ1v) is 7.66. The quantitative estimate of drug-likeness (QED) is 0.623. The summed E-state index contributed by atoms with van der Waals surface area (Å²) in [5.41, 5.74) is 2.22. The van der Waals surface area contributed by atoms with Crippen LogP contribution in [0.1, 0.15) is 22.6 Å². The molecular formula is C16H17N3O2S. The van der Waals surface area contributed by atoms with E-state index in [1.165, 1.54) is 11.8 Å². The van der Waals surface area contributed by atoms with E-state index in [-0.39, 0.29) is 0 Å². The number of methoxy groups -OCH3 is 2. The van der Waals surface area contributed by atoms with Gasteiger partial charge in [-0.05, 0) is 32.0 Å². The Labute approximate surface area is 134 Å². The first-order chi connectivity index (χ1) is 10.6. The molecule has 0 radical (unpaired) electrons. The fraction of sp³-hybridized carbons (Fsp3) is 0.312. The van der Waals surface area contributed by atoms with Gasteiger partial charge in [0.25, 0.3) is 0 Å². The topological polar surface area (TPSA) is 68.0 Å². The first-order valence-electron chi connectivity index (χ1n) is 6.68. The lowest BCUT2D eigenvalue weighted by molar-refractivity contribution is 0.400. The second-order valence-electron chi connectivity index (χ2n) is 4.61. The maximum atomic E-state index is 9.28. The maximum Gasteiger partial charge on any atom is 0.126 e. The van der Waals surface area contributed by atoms with Gasteiger partial charge in [-0.3, -0.25) is 0 Å². The number of benzene rings is 1. The zero-order chi connectivity index (χ0) is 16.1. The Morgan fingerprint density at radius 1 is 1.18 bits per heavy atom. The molecule has 1 aromatic heterocycles. The third-order valence-electron chi connectivity index (χ3n) is 3.13. The summed E-state index contributed by atoms with van der Waals surface area (Å²) in [6.45, 7) is 3.65. The van der Waals surface area contributed by atoms with Gasteiger partial charge in [0.2, 0.25) is 0 Å². The third kappa shape index (κ3) is 3.49. The minimum atomic E-state index is 0.525. The summed E-state index contributed by atoms with van der Waals surface area (Å²) in [6, 6.07) is 7.83. The zero-order valence-corrected chi connectivity index (χ0v) is 13.8. The van der Waals surface area contributed by atoms with E-state index in [2.05, 4.69) is 16.0 Å². The van der Waals surface area contributed by atoms with Crippen LogP contribution in [-0.4, -0.2) is 24.2 Å². The standard InChI is InChI=1S/C16H17N3O2S/c1-10-14(8-17)16(19-11(2)18-10)22-9-12-7-13(20-3)5-6-15(12)21-4/h5-7H,9H2,1-4H3. The van der Waals surface area contributed by atoms with Gasteiger partial charge in [0.05, 0.1) is 19.9 Å². The number of aryl methyl sites for hydroxylation is 2. The molecule has 6 heteroatoms. The van der Waals surface area contributed by atoms with Gasteiger partial charge in [0, 0.05) is 11.3 Å². The lowest BCUT2D eigenvalue weighted by Crippen LogP contribution is -1.99. The van der Waals surface area contributed by atoms with E-state index < -0.39 is 0 Å². The highest BCUT2D eigenvalue weighted by Gasteiger charge is 2.12. The van der Waals surface area contributed by atoms with Crippen molar-refractivity contribution < 1.29 is 9.47 Å². The van der Waals surface area contributed by atoms with Gasteiger partial charge in [0.15, 0.2) is 0 Å². The molecule has 0 aliphatic rings. The Morgan fingerprint density at radius 2 is 1.95 bits per heavy atom. The third-order valence-corrected chi connectivity index (χ3v) is 4.16. The van der Waals surface area contributed by atoms with E-state index in [0.29, 0.717) is 27.9 Å². The fourth-order valence-corrected chi connectivity index (χ4v) is 3.11. The van der Waals surface area contributed by atoms with Crippen molar-refractivity contribution in [2.24, 2.45) is 0 Å². The van der Waals surface area contributed by atoms with Crippen LogP contribution in [0.15, 0.2) is 23.2 Å². The van der Waals surface area contributed by atoms with Gasteiger partial charge < -0.3 is 9.47 Å². The van der Waals surface area contributed by atoms with Gasteiger partial charge in [-0.1, -0.05) is 0 Å². The molecule has 1 aromatic carbocycles. The average molecular weight is 315 g/mol. The molecule has 5 nitrogen and oxygen atoms in total. The van der Waals surface area contributed by atoms with Crippen molar-refractivity contribution in [2.45, 2.75) is 24.6 Å². The molecule has 114 valence electrons. The molecule has 0 atom stereocenters. The first kappa shape index (κ1) is 16.1. The van der Waals surface area contributed by atoms with Gasteiger partial charge in [-0.15, -0.1) is 11.8 Å². The molecule has 2 rings (SSSR count). The monoisotopic (exact) mass is 315 g/mol. The molecule has 1 heterocycles. The second-order valence-corrected chi connectivity index (χ2v) is 5.58. The van der Waals surface area contributed by atoms with Crippen molar-refractivity contribution in [1.82, 2.24) is 9.97 Å². The van der Waals surface area contributed by atoms with Crippen LogP contribution < -0.4 is 9.47 Å². The summed E-state index contributed by atoms with van der Waals surface area (Å²) in [4.78, 5) is 8.60. The minimum Gasteiger partial charge on any atom is -0.497 e. The number of thioether (sulfide) groups is 1. The van der Waals surface area contributed by atoms with Crippen molar-refractivity contribution >= 4 is 11.8 Å². The second kappa shape index (κ2) is 7.14. The Hall–Kier alpha value is -2.26. The molecule has 2 aromatic rings. The van der Waals surface area contributed by atoms with Crippen LogP contribution in [0.4, 0.5) is 0 Å². The lowest BCUT2D eigenvalue weighted by atomic mass is 10.2. The summed E-state index contributed by atoms with van der Waals surface area (Å²) in [5, 5.41) is 9.97. The summed E-state index contributed by atoms with van der Waals surface area (Å²) in [5.74, 6) is 2.85. The molecule has 0 aliphatic carbocycles. The molecular weight excluding hydrogens is 298 g/mol. The predicted octanol–water partition coefficient (Wildman–Crippen LogP) is 3.27. The van der Waals surface area contributed by atoms with Crippen LogP contribution in [-0.2, 0) is 5.75 Å². The fourth-order valence-electron chi connectivity index (χ4n) is 2.06. The predicted molar refractivity (Wildman–Crippen MR) is 85.3 cm³/mol. The van der Waals surface area contributed by atoms with Crippen LogP contribution >= 0.6 is 11.8 Å². The van der Waals surface area contributed by atoms with Gasteiger partial charge >= 0.3 is 0 Å². The SMILES string of the molecule is COc1ccc(OC)c(CSc2nc(C)nc(C)c2C#N)c1. The normalized spacial score (nSPS) is 10.1. The van der Waals surface area contributed by atoms with E-state index in [4.69, 9.17) is 9.47 Å². The van der Waals surface area contributed by atoms with E-state index in [1.54, 1.807) is 14.2 Å². The average Bonchev–Trinajstić information content (AvgIpc) is 2.52. The van der Waals surface area contributed by atoms with Crippen LogP contribution in [0, 0.1) is 25.2 Å². The summed E-state index contributed by atoms with van der Waals surface area (Å²) in [7, 11) is 3.26. The van der Waals surface area contributed by atoms with Crippen molar-refractivity contribution in [3.63, 3.8) is 0 Å². The summed E-state index contributed by atoms with van der Waals surface area (Å²) >= 11 is 1.49. The number of hydrogen-bond acceptors (Lipinski definition) is 6. The van der Waals surface area contributed by atoms with E-state index >= 15 is 0 Å². The Bertz CT molecular complexity index is 726. The van der Waals surface area contributed by atoms with Crippen molar-refractivity contribution in [3.05, 3.63) is 40.8 Å². The lowest BCUT2D eigenvalue weighted by Gasteiger charge is -2.11. The molecule has 0 aliphatic heterocycles. The van der Waals surface area contributed by atoms with Gasteiger partial charge in [-0.2, -0.15) is 5.26 Å². The molecule has 0 bridgehead atoms. The number of nitrogens with zero attached hydrogens (tertiary/aromatic N) is 3. The molecule has 0 N–H and O–H groups in total. The Morgan fingerprint density at radius 3 is 2.59 bits per heavy atom. The number of aromatic nitrogens is 2. The highest BCUT2D eigenvalue weighted by molar-refractivity contribution is 7.98. The number of hydrogen-bond donors (Lipinski definition) is 0. The molecule has 0 amide bonds. The smallest absolute Gasteiger partial charge is 0.126 e. The largest absolute Gasteiger partial charge is 0.497 e. The number of ether oxygens (including phenoxy) is 2. The number of nitriles is 1. The highest BCUT2D eigenvalue weighted by Crippen LogP contribution is 2.31. The number of rotatable bonds is 5. The van der Waals surface area contributed by atoms with Gasteiger partial charge in [0.1, 0.15) is 34.0 Å². The van der Waals surface area contributed by atoms with Crippen LogP contribution in [0.25, 0.3) is 0 Å². The van der Waals surface area contributed by atoms with Crippen molar-refractivity contribution in [1.29, 1.82) is 5.26 Å². The van der Waals surface area contributed by atoms with E-state index in [9.17, 15) is 5.26 Å². The van der Waals surface area contributed by atoms with E-state index in [0.717, 1.165) is 17.1 Å². The van der Waals surface area contributed by atoms with Crippen molar-refractivity contribution in [3.8, 4) is 17.6 Å². The van der Waals surface area contributed by atoms with Gasteiger partial charge in [-0.25, -0.2) is 9.97 Å². The molecule has 0 saturated carbocycles. The Kier molecular flexibility index (Phi) is 5.23. The molecule has 22 heavy (non-hydrogen) atoms. The van der Waals surface area contributed by atoms with Crippen LogP contribution in [0.3, 0.4) is 0 Å². The molecule has 0 fully saturated rings. The molecule has 0 saturated heterocycles. The summed E-state index contributed by atoms with van der Waals surface area (Å²) < 4.78 is 10.6. The Balaban J connectivity index is 2.29. The zero-order valence-electron chi connectivity index (χ0n) is 13.0. The van der Waals surface area contributed by atoms with Crippen molar-refractivity contribution in [2.75, 3.05) is 14.2 Å².